The molecule has 1 amide bonds. The molecule has 1 aliphatic rings. The first-order chi connectivity index (χ1) is 14.8. The molecule has 31 heavy (non-hydrogen) atoms. The zero-order chi connectivity index (χ0) is 22.2. The van der Waals surface area contributed by atoms with Crippen LogP contribution in [0.4, 0.5) is 0 Å². The van der Waals surface area contributed by atoms with Gasteiger partial charge in [-0.3, -0.25) is 4.79 Å². The molecule has 1 unspecified atom stereocenters. The maximum atomic E-state index is 12.5. The molecule has 0 fully saturated rings. The van der Waals surface area contributed by atoms with Gasteiger partial charge < -0.3 is 14.6 Å². The summed E-state index contributed by atoms with van der Waals surface area (Å²) >= 11 is 1.55. The number of hydrogen-bond acceptors (Lipinski definition) is 4. The van der Waals surface area contributed by atoms with Gasteiger partial charge in [0, 0.05) is 24.4 Å². The predicted molar refractivity (Wildman–Crippen MR) is 122 cm³/mol. The van der Waals surface area contributed by atoms with Crippen LogP contribution in [0.1, 0.15) is 49.2 Å². The minimum atomic E-state index is -0.863. The number of para-hydroxylation sites is 2. The van der Waals surface area contributed by atoms with Crippen molar-refractivity contribution >= 4 is 34.7 Å². The number of carboxylic acid groups (broad SMARTS) is 1. The first kappa shape index (κ1) is 21.4. The van der Waals surface area contributed by atoms with Crippen LogP contribution in [-0.2, 0) is 11.3 Å². The summed E-state index contributed by atoms with van der Waals surface area (Å²) in [6.45, 7) is 7.13. The number of nitrogens with zero attached hydrogens (tertiary/aromatic N) is 3. The van der Waals surface area contributed by atoms with E-state index in [9.17, 15) is 14.7 Å². The van der Waals surface area contributed by atoms with Gasteiger partial charge >= 0.3 is 5.97 Å². The fourth-order valence-corrected chi connectivity index (χ4v) is 5.12. The number of fused-ring (bicyclic) bond motifs is 2. The third-order valence-electron chi connectivity index (χ3n) is 5.58. The molecule has 6 nitrogen and oxygen atoms in total. The Morgan fingerprint density at radius 3 is 2.58 bits per heavy atom. The molecule has 1 atom stereocenters. The number of carbonyl (C=O) groups is 2. The van der Waals surface area contributed by atoms with Crippen LogP contribution in [0.25, 0.3) is 11.0 Å². The summed E-state index contributed by atoms with van der Waals surface area (Å²) in [4.78, 5) is 31.3. The minimum Gasteiger partial charge on any atom is -0.480 e. The highest BCUT2D eigenvalue weighted by atomic mass is 32.2. The van der Waals surface area contributed by atoms with Gasteiger partial charge in [-0.05, 0) is 35.6 Å². The van der Waals surface area contributed by atoms with Crippen molar-refractivity contribution in [3.8, 4) is 0 Å². The first-order valence-electron chi connectivity index (χ1n) is 10.5. The van der Waals surface area contributed by atoms with Crippen molar-refractivity contribution < 1.29 is 14.7 Å². The van der Waals surface area contributed by atoms with Gasteiger partial charge in [0.2, 0.25) is 0 Å². The van der Waals surface area contributed by atoms with Gasteiger partial charge in [0.1, 0.15) is 6.04 Å². The molecule has 1 N–H and O–H groups in total. The standard InChI is InChI=1S/C24H27N3O3S/c1-24(2,3)20(22(29)30)27-19-12-7-6-11-18(19)25-23(27)31-14-8-13-26-15-16-9-4-5-10-17(16)21(26)28/h4-7,9-12,20H,8,13-15H2,1-3H3,(H,29,30). The van der Waals surface area contributed by atoms with Crippen molar-refractivity contribution in [2.45, 2.75) is 44.9 Å². The fourth-order valence-electron chi connectivity index (χ4n) is 4.16. The molecule has 7 heteroatoms. The zero-order valence-electron chi connectivity index (χ0n) is 18.0. The number of amides is 1. The number of carboxylic acids is 1. The smallest absolute Gasteiger partial charge is 0.327 e. The number of aliphatic carboxylic acids is 1. The topological polar surface area (TPSA) is 75.4 Å². The Bertz CT molecular complexity index is 1130. The number of carbonyl (C=O) groups excluding carboxylic acids is 1. The molecule has 4 rings (SSSR count). The number of aromatic nitrogens is 2. The second kappa shape index (κ2) is 8.38. The van der Waals surface area contributed by atoms with E-state index in [0.29, 0.717) is 18.2 Å². The summed E-state index contributed by atoms with van der Waals surface area (Å²) in [5, 5.41) is 10.7. The van der Waals surface area contributed by atoms with Crippen molar-refractivity contribution in [2.24, 2.45) is 5.41 Å². The number of rotatable bonds is 7. The SMILES string of the molecule is CC(C)(C)C(C(=O)O)n1c(SCCCN2Cc3ccccc3C2=O)nc2ccccc21. The van der Waals surface area contributed by atoms with Gasteiger partial charge in [-0.2, -0.15) is 0 Å². The van der Waals surface area contributed by atoms with Gasteiger partial charge in [0.25, 0.3) is 5.91 Å². The molecule has 2 heterocycles. The Labute approximate surface area is 186 Å². The molecule has 0 aliphatic carbocycles. The van der Waals surface area contributed by atoms with Gasteiger partial charge in [-0.15, -0.1) is 0 Å². The lowest BCUT2D eigenvalue weighted by Crippen LogP contribution is -2.32. The first-order valence-corrected chi connectivity index (χ1v) is 11.5. The summed E-state index contributed by atoms with van der Waals surface area (Å²) in [5.41, 5.74) is 3.03. The summed E-state index contributed by atoms with van der Waals surface area (Å²) in [7, 11) is 0. The fraction of sp³-hybridized carbons (Fsp3) is 0.375. The van der Waals surface area contributed by atoms with Crippen molar-refractivity contribution in [3.63, 3.8) is 0 Å². The second-order valence-electron chi connectivity index (χ2n) is 8.95. The van der Waals surface area contributed by atoms with Crippen LogP contribution in [0.3, 0.4) is 0 Å². The quantitative estimate of drug-likeness (QED) is 0.423. The molecule has 0 saturated carbocycles. The third-order valence-corrected chi connectivity index (χ3v) is 6.61. The largest absolute Gasteiger partial charge is 0.480 e. The Hall–Kier alpha value is -2.80. The molecule has 0 saturated heterocycles. The Morgan fingerprint density at radius 1 is 1.16 bits per heavy atom. The molecule has 1 aromatic heterocycles. The summed E-state index contributed by atoms with van der Waals surface area (Å²) < 4.78 is 1.86. The molecular formula is C24H27N3O3S. The maximum Gasteiger partial charge on any atom is 0.327 e. The van der Waals surface area contributed by atoms with Crippen LogP contribution >= 0.6 is 11.8 Å². The van der Waals surface area contributed by atoms with E-state index in [1.54, 1.807) is 11.8 Å². The highest BCUT2D eigenvalue weighted by molar-refractivity contribution is 7.99. The lowest BCUT2D eigenvalue weighted by Gasteiger charge is -2.29. The van der Waals surface area contributed by atoms with E-state index in [1.807, 2.05) is 78.8 Å². The van der Waals surface area contributed by atoms with Crippen LogP contribution in [-0.4, -0.2) is 43.7 Å². The van der Waals surface area contributed by atoms with Gasteiger partial charge in [0.15, 0.2) is 5.16 Å². The van der Waals surface area contributed by atoms with E-state index in [2.05, 4.69) is 0 Å². The van der Waals surface area contributed by atoms with Crippen LogP contribution in [0.15, 0.2) is 53.7 Å². The van der Waals surface area contributed by atoms with Crippen LogP contribution in [0.2, 0.25) is 0 Å². The molecule has 0 spiro atoms. The molecule has 0 radical (unpaired) electrons. The number of imidazole rings is 1. The van der Waals surface area contributed by atoms with Gasteiger partial charge in [-0.25, -0.2) is 9.78 Å². The average Bonchev–Trinajstić information content (AvgIpc) is 3.22. The Kier molecular flexibility index (Phi) is 5.79. The molecule has 1 aliphatic heterocycles. The summed E-state index contributed by atoms with van der Waals surface area (Å²) in [6.07, 6.45) is 0.806. The Balaban J connectivity index is 1.49. The second-order valence-corrected chi connectivity index (χ2v) is 10.0. The molecule has 0 bridgehead atoms. The van der Waals surface area contributed by atoms with Gasteiger partial charge in [0.05, 0.1) is 11.0 Å². The Morgan fingerprint density at radius 2 is 1.87 bits per heavy atom. The van der Waals surface area contributed by atoms with Crippen molar-refractivity contribution in [1.29, 1.82) is 0 Å². The highest BCUT2D eigenvalue weighted by Crippen LogP contribution is 2.37. The van der Waals surface area contributed by atoms with Crippen LogP contribution in [0, 0.1) is 5.41 Å². The molecule has 3 aromatic rings. The number of thioether (sulfide) groups is 1. The summed E-state index contributed by atoms with van der Waals surface area (Å²) in [6, 6.07) is 14.7. The third kappa shape index (κ3) is 4.19. The van der Waals surface area contributed by atoms with E-state index < -0.39 is 17.4 Å². The monoisotopic (exact) mass is 437 g/mol. The van der Waals surface area contributed by atoms with E-state index >= 15 is 0 Å². The van der Waals surface area contributed by atoms with Crippen LogP contribution in [0.5, 0.6) is 0 Å². The lowest BCUT2D eigenvalue weighted by molar-refractivity contribution is -0.144. The normalized spacial score (nSPS) is 14.8. The number of hydrogen-bond donors (Lipinski definition) is 1. The van der Waals surface area contributed by atoms with Crippen molar-refractivity contribution in [2.75, 3.05) is 12.3 Å². The van der Waals surface area contributed by atoms with E-state index in [4.69, 9.17) is 4.98 Å². The molecular weight excluding hydrogens is 410 g/mol. The lowest BCUT2D eigenvalue weighted by atomic mass is 9.86. The summed E-state index contributed by atoms with van der Waals surface area (Å²) in [5.74, 6) is -0.0237. The van der Waals surface area contributed by atoms with E-state index in [-0.39, 0.29) is 5.91 Å². The highest BCUT2D eigenvalue weighted by Gasteiger charge is 2.36. The average molecular weight is 438 g/mol. The van der Waals surface area contributed by atoms with Gasteiger partial charge in [-0.1, -0.05) is 62.9 Å². The zero-order valence-corrected chi connectivity index (χ0v) is 18.9. The minimum absolute atomic E-state index is 0.0894. The van der Waals surface area contributed by atoms with Crippen molar-refractivity contribution in [3.05, 3.63) is 59.7 Å². The van der Waals surface area contributed by atoms with Crippen LogP contribution < -0.4 is 0 Å². The van der Waals surface area contributed by atoms with E-state index in [0.717, 1.165) is 34.3 Å². The van der Waals surface area contributed by atoms with E-state index in [1.165, 1.54) is 0 Å². The van der Waals surface area contributed by atoms with Crippen molar-refractivity contribution in [1.82, 2.24) is 14.5 Å². The molecule has 2 aromatic carbocycles. The maximum absolute atomic E-state index is 12.5. The predicted octanol–water partition coefficient (Wildman–Crippen LogP) is 4.85. The molecule has 162 valence electrons. The number of benzene rings is 2.